The monoisotopic (exact) mass is 241 g/mol. The molecule has 0 fully saturated rings. The van der Waals surface area contributed by atoms with Gasteiger partial charge in [-0.1, -0.05) is 39.0 Å². The number of nitrogens with one attached hydrogen (secondary N) is 1. The molecule has 0 rings (SSSR count). The highest BCUT2D eigenvalue weighted by molar-refractivity contribution is 5.82. The van der Waals surface area contributed by atoms with Gasteiger partial charge in [0.1, 0.15) is 0 Å². The van der Waals surface area contributed by atoms with E-state index in [1.54, 1.807) is 0 Å². The number of allylic oxidation sites excluding steroid dienone is 1. The molecule has 100 valence electrons. The van der Waals surface area contributed by atoms with E-state index < -0.39 is 0 Å². The van der Waals surface area contributed by atoms with Crippen molar-refractivity contribution in [2.24, 2.45) is 0 Å². The van der Waals surface area contributed by atoms with Crippen LogP contribution in [0.3, 0.4) is 0 Å². The van der Waals surface area contributed by atoms with Crippen molar-refractivity contribution in [2.45, 2.75) is 59.3 Å². The van der Waals surface area contributed by atoms with E-state index in [1.807, 2.05) is 13.8 Å². The van der Waals surface area contributed by atoms with Crippen molar-refractivity contribution in [3.63, 3.8) is 0 Å². The average Bonchev–Trinajstić information content (AvgIpc) is 2.28. The average molecular weight is 241 g/mol. The van der Waals surface area contributed by atoms with Gasteiger partial charge in [0.15, 0.2) is 0 Å². The van der Waals surface area contributed by atoms with Crippen molar-refractivity contribution < 1.29 is 9.53 Å². The Bertz CT molecular complexity index is 224. The van der Waals surface area contributed by atoms with Gasteiger partial charge in [0, 0.05) is 18.3 Å². The highest BCUT2D eigenvalue weighted by atomic mass is 16.5. The molecule has 0 aliphatic carbocycles. The van der Waals surface area contributed by atoms with Crippen LogP contribution in [0.5, 0.6) is 0 Å². The Morgan fingerprint density at radius 2 is 1.76 bits per heavy atom. The van der Waals surface area contributed by atoms with Gasteiger partial charge in [-0.3, -0.25) is 0 Å². The lowest BCUT2D eigenvalue weighted by Gasteiger charge is -2.06. The second-order valence-corrected chi connectivity index (χ2v) is 4.27. The van der Waals surface area contributed by atoms with Gasteiger partial charge in [0.05, 0.1) is 6.61 Å². The molecule has 0 bridgehead atoms. The molecule has 0 aliphatic heterocycles. The largest absolute Gasteiger partial charge is 0.463 e. The van der Waals surface area contributed by atoms with Crippen LogP contribution in [0.25, 0.3) is 0 Å². The number of esters is 1. The number of carbonyl (C=O) groups excluding carboxylic acids is 1. The van der Waals surface area contributed by atoms with Gasteiger partial charge < -0.3 is 10.1 Å². The minimum Gasteiger partial charge on any atom is -0.463 e. The Hall–Kier alpha value is -0.990. The zero-order valence-corrected chi connectivity index (χ0v) is 11.6. The second-order valence-electron chi connectivity index (χ2n) is 4.27. The van der Waals surface area contributed by atoms with Crippen molar-refractivity contribution in [3.8, 4) is 0 Å². The summed E-state index contributed by atoms with van der Waals surface area (Å²) < 4.78 is 4.83. The minimum absolute atomic E-state index is 0.263. The van der Waals surface area contributed by atoms with Crippen molar-refractivity contribution in [1.82, 2.24) is 5.32 Å². The summed E-state index contributed by atoms with van der Waals surface area (Å²) in [6.07, 6.45) is 9.23. The predicted molar refractivity (Wildman–Crippen MR) is 71.8 cm³/mol. The first-order chi connectivity index (χ1) is 8.20. The van der Waals surface area contributed by atoms with Crippen LogP contribution >= 0.6 is 0 Å². The molecule has 0 atom stereocenters. The molecule has 0 amide bonds. The van der Waals surface area contributed by atoms with Gasteiger partial charge in [0.25, 0.3) is 0 Å². The zero-order chi connectivity index (χ0) is 12.9. The molecular weight excluding hydrogens is 214 g/mol. The van der Waals surface area contributed by atoms with Gasteiger partial charge >= 0.3 is 5.97 Å². The summed E-state index contributed by atoms with van der Waals surface area (Å²) in [5.74, 6) is -0.263. The molecule has 0 aromatic rings. The van der Waals surface area contributed by atoms with Gasteiger partial charge in [-0.2, -0.15) is 0 Å². The van der Waals surface area contributed by atoms with Gasteiger partial charge in [-0.05, 0) is 20.3 Å². The molecular formula is C14H27NO2. The lowest BCUT2D eigenvalue weighted by molar-refractivity contribution is -0.137. The first-order valence-corrected chi connectivity index (χ1v) is 6.79. The van der Waals surface area contributed by atoms with Crippen molar-refractivity contribution in [2.75, 3.05) is 13.2 Å². The van der Waals surface area contributed by atoms with Gasteiger partial charge in [0.2, 0.25) is 0 Å². The third-order valence-corrected chi connectivity index (χ3v) is 2.56. The van der Waals surface area contributed by atoms with Crippen molar-refractivity contribution >= 4 is 5.97 Å². The highest BCUT2D eigenvalue weighted by Crippen LogP contribution is 2.04. The molecule has 3 heteroatoms. The molecule has 0 aromatic heterocycles. The van der Waals surface area contributed by atoms with E-state index in [4.69, 9.17) is 4.74 Å². The number of rotatable bonds is 10. The first-order valence-electron chi connectivity index (χ1n) is 6.79. The number of unbranched alkanes of at least 4 members (excludes halogenated alkanes) is 5. The predicted octanol–water partition coefficient (Wildman–Crippen LogP) is 3.40. The zero-order valence-electron chi connectivity index (χ0n) is 11.6. The Morgan fingerprint density at radius 3 is 2.41 bits per heavy atom. The number of ether oxygens (including phenoxy) is 1. The quantitative estimate of drug-likeness (QED) is 0.362. The summed E-state index contributed by atoms with van der Waals surface area (Å²) in [5, 5.41) is 3.22. The summed E-state index contributed by atoms with van der Waals surface area (Å²) in [5.41, 5.74) is 0.886. The smallest absolute Gasteiger partial charge is 0.332 e. The minimum atomic E-state index is -0.263. The molecule has 17 heavy (non-hydrogen) atoms. The molecule has 1 N–H and O–H groups in total. The van der Waals surface area contributed by atoms with E-state index >= 15 is 0 Å². The maximum Gasteiger partial charge on any atom is 0.332 e. The van der Waals surface area contributed by atoms with Gasteiger partial charge in [-0.25, -0.2) is 4.79 Å². The Kier molecular flexibility index (Phi) is 10.8. The summed E-state index contributed by atoms with van der Waals surface area (Å²) in [6, 6.07) is 0. The number of hydrogen-bond donors (Lipinski definition) is 1. The third kappa shape index (κ3) is 11.3. The fraction of sp³-hybridized carbons (Fsp3) is 0.786. The number of hydrogen-bond acceptors (Lipinski definition) is 3. The normalized spacial score (nSPS) is 11.4. The Morgan fingerprint density at radius 1 is 1.12 bits per heavy atom. The maximum atomic E-state index is 11.1. The van der Waals surface area contributed by atoms with E-state index in [0.717, 1.165) is 18.7 Å². The van der Waals surface area contributed by atoms with Crippen LogP contribution in [0.1, 0.15) is 59.3 Å². The fourth-order valence-corrected chi connectivity index (χ4v) is 1.60. The SMILES string of the molecule is CCCCCCCCN/C(C)=C\C(=O)OCC. The van der Waals surface area contributed by atoms with Crippen LogP contribution in [-0.2, 0) is 9.53 Å². The molecule has 0 aromatic carbocycles. The van der Waals surface area contributed by atoms with Crippen LogP contribution in [0.15, 0.2) is 11.8 Å². The Balaban J connectivity index is 3.44. The standard InChI is InChI=1S/C14H27NO2/c1-4-6-7-8-9-10-11-15-13(3)12-14(16)17-5-2/h12,15H,4-11H2,1-3H3/b13-12-. The molecule has 0 unspecified atom stereocenters. The van der Waals surface area contributed by atoms with Crippen LogP contribution in [0, 0.1) is 0 Å². The summed E-state index contributed by atoms with van der Waals surface area (Å²) >= 11 is 0. The first kappa shape index (κ1) is 16.0. The maximum absolute atomic E-state index is 11.1. The summed E-state index contributed by atoms with van der Waals surface area (Å²) in [7, 11) is 0. The molecule has 0 spiro atoms. The molecule has 3 nitrogen and oxygen atoms in total. The molecule has 0 saturated carbocycles. The van der Waals surface area contributed by atoms with Crippen LogP contribution < -0.4 is 5.32 Å². The number of carbonyl (C=O) groups is 1. The van der Waals surface area contributed by atoms with E-state index in [2.05, 4.69) is 12.2 Å². The lowest BCUT2D eigenvalue weighted by Crippen LogP contribution is -2.14. The second kappa shape index (κ2) is 11.5. The summed E-state index contributed by atoms with van der Waals surface area (Å²) in [6.45, 7) is 7.30. The van der Waals surface area contributed by atoms with Crippen LogP contribution in [0.2, 0.25) is 0 Å². The van der Waals surface area contributed by atoms with E-state index in [9.17, 15) is 4.79 Å². The Labute approximate surface area is 106 Å². The molecule has 0 heterocycles. The lowest BCUT2D eigenvalue weighted by atomic mass is 10.1. The highest BCUT2D eigenvalue weighted by Gasteiger charge is 1.97. The van der Waals surface area contributed by atoms with E-state index in [0.29, 0.717) is 6.61 Å². The van der Waals surface area contributed by atoms with Crippen molar-refractivity contribution in [3.05, 3.63) is 11.8 Å². The summed E-state index contributed by atoms with van der Waals surface area (Å²) in [4.78, 5) is 11.1. The van der Waals surface area contributed by atoms with E-state index in [-0.39, 0.29) is 5.97 Å². The van der Waals surface area contributed by atoms with Gasteiger partial charge in [-0.15, -0.1) is 0 Å². The third-order valence-electron chi connectivity index (χ3n) is 2.56. The fourth-order valence-electron chi connectivity index (χ4n) is 1.60. The van der Waals surface area contributed by atoms with Crippen molar-refractivity contribution in [1.29, 1.82) is 0 Å². The molecule has 0 aliphatic rings. The van der Waals surface area contributed by atoms with Crippen LogP contribution in [-0.4, -0.2) is 19.1 Å². The molecule has 0 saturated heterocycles. The van der Waals surface area contributed by atoms with E-state index in [1.165, 1.54) is 38.2 Å². The topological polar surface area (TPSA) is 38.3 Å². The van der Waals surface area contributed by atoms with Crippen LogP contribution in [0.4, 0.5) is 0 Å². The molecule has 0 radical (unpaired) electrons.